The number of aliphatic hydroxyl groups excluding tert-OH is 1. The highest BCUT2D eigenvalue weighted by molar-refractivity contribution is 9.09. The Morgan fingerprint density at radius 3 is 2.67 bits per heavy atom. The van der Waals surface area contributed by atoms with E-state index in [1.54, 1.807) is 29.7 Å². The van der Waals surface area contributed by atoms with Gasteiger partial charge in [-0.2, -0.15) is 0 Å². The van der Waals surface area contributed by atoms with Gasteiger partial charge in [-0.05, 0) is 34.1 Å². The van der Waals surface area contributed by atoms with Gasteiger partial charge in [0, 0.05) is 28.7 Å². The van der Waals surface area contributed by atoms with E-state index in [0.717, 1.165) is 0 Å². The molecule has 168 valence electrons. The minimum Gasteiger partial charge on any atom is -0.466 e. The number of fused-ring (bicyclic) bond motifs is 1. The van der Waals surface area contributed by atoms with Crippen LogP contribution in [0.5, 0.6) is 0 Å². The number of thioether (sulfide) groups is 1. The number of aliphatic hydroxyl groups is 1. The first-order valence-electron chi connectivity index (χ1n) is 10.4. The highest BCUT2D eigenvalue weighted by atomic mass is 79.9. The molecular formula is C21H31BrN2O5S. The van der Waals surface area contributed by atoms with Crippen molar-refractivity contribution in [2.45, 2.75) is 60.5 Å². The van der Waals surface area contributed by atoms with Crippen molar-refractivity contribution in [2.24, 2.45) is 11.8 Å². The molecule has 3 saturated heterocycles. The Bertz CT molecular complexity index is 741. The van der Waals surface area contributed by atoms with Crippen molar-refractivity contribution < 1.29 is 24.2 Å². The first-order chi connectivity index (χ1) is 14.0. The zero-order valence-electron chi connectivity index (χ0n) is 18.0. The number of esters is 1. The number of nitrogens with zero attached hydrogens (tertiary/aromatic N) is 2. The summed E-state index contributed by atoms with van der Waals surface area (Å²) in [7, 11) is 0. The van der Waals surface area contributed by atoms with E-state index in [4.69, 9.17) is 4.74 Å². The normalized spacial score (nSPS) is 34.8. The van der Waals surface area contributed by atoms with Crippen LogP contribution in [0, 0.1) is 11.8 Å². The maximum atomic E-state index is 13.9. The van der Waals surface area contributed by atoms with Crippen molar-refractivity contribution in [1.29, 1.82) is 0 Å². The third-order valence-electron chi connectivity index (χ3n) is 6.31. The Morgan fingerprint density at radius 2 is 2.13 bits per heavy atom. The number of carbonyl (C=O) groups excluding carboxylic acids is 3. The summed E-state index contributed by atoms with van der Waals surface area (Å²) in [5.41, 5.74) is -0.469. The predicted octanol–water partition coefficient (Wildman–Crippen LogP) is 1.82. The Hall–Kier alpha value is -1.06. The number of likely N-dealkylation sites (tertiary alicyclic amines) is 1. The standard InChI is InChI=1S/C21H31BrN2O5S/c1-6-8-24(20(3,4)5)18(27)16-21-11-12(22)15(30-21)13(19(28)29-7-2)14(21)17(26)23(16)9-10-25/h6,12-16,25H,1,7-11H2,2-5H3/t12?,13-,14-,15-,16?,21?/m0/s1. The molecule has 2 bridgehead atoms. The maximum Gasteiger partial charge on any atom is 0.310 e. The van der Waals surface area contributed by atoms with Crippen LogP contribution in [-0.2, 0) is 19.1 Å². The molecule has 0 aromatic carbocycles. The molecule has 1 N–H and O–H groups in total. The molecule has 3 fully saturated rings. The molecule has 30 heavy (non-hydrogen) atoms. The van der Waals surface area contributed by atoms with Crippen LogP contribution in [0.2, 0.25) is 0 Å². The molecule has 7 nitrogen and oxygen atoms in total. The second-order valence-electron chi connectivity index (χ2n) is 9.08. The molecule has 9 heteroatoms. The van der Waals surface area contributed by atoms with E-state index in [1.165, 1.54) is 4.90 Å². The van der Waals surface area contributed by atoms with Crippen LogP contribution in [0.1, 0.15) is 34.1 Å². The van der Waals surface area contributed by atoms with Crippen molar-refractivity contribution in [2.75, 3.05) is 26.3 Å². The number of alkyl halides is 1. The van der Waals surface area contributed by atoms with Crippen LogP contribution in [0.4, 0.5) is 0 Å². The number of ether oxygens (including phenoxy) is 1. The number of carbonyl (C=O) groups is 3. The van der Waals surface area contributed by atoms with Crippen molar-refractivity contribution >= 4 is 45.5 Å². The first kappa shape index (κ1) is 23.6. The lowest BCUT2D eigenvalue weighted by atomic mass is 9.71. The molecule has 0 aromatic heterocycles. The number of halogens is 1. The maximum absolute atomic E-state index is 13.9. The van der Waals surface area contributed by atoms with Crippen molar-refractivity contribution in [3.8, 4) is 0 Å². The zero-order valence-corrected chi connectivity index (χ0v) is 20.4. The van der Waals surface area contributed by atoms with Crippen LogP contribution in [0.15, 0.2) is 12.7 Å². The van der Waals surface area contributed by atoms with Crippen LogP contribution >= 0.6 is 27.7 Å². The highest BCUT2D eigenvalue weighted by Gasteiger charge is 2.76. The Labute approximate surface area is 190 Å². The third-order valence-corrected chi connectivity index (χ3v) is 9.53. The zero-order chi connectivity index (χ0) is 22.4. The summed E-state index contributed by atoms with van der Waals surface area (Å²) in [6.45, 7) is 11.8. The topological polar surface area (TPSA) is 87.2 Å². The van der Waals surface area contributed by atoms with Crippen molar-refractivity contribution in [3.05, 3.63) is 12.7 Å². The van der Waals surface area contributed by atoms with E-state index in [9.17, 15) is 19.5 Å². The van der Waals surface area contributed by atoms with Gasteiger partial charge in [0.1, 0.15) is 6.04 Å². The van der Waals surface area contributed by atoms with E-state index in [0.29, 0.717) is 13.0 Å². The predicted molar refractivity (Wildman–Crippen MR) is 119 cm³/mol. The molecule has 0 aromatic rings. The summed E-state index contributed by atoms with van der Waals surface area (Å²) in [6.07, 6.45) is 2.29. The fourth-order valence-corrected chi connectivity index (χ4v) is 8.83. The summed E-state index contributed by atoms with van der Waals surface area (Å²) >= 11 is 5.27. The van der Waals surface area contributed by atoms with Crippen LogP contribution in [0.25, 0.3) is 0 Å². The van der Waals surface area contributed by atoms with Gasteiger partial charge in [-0.1, -0.05) is 22.0 Å². The molecule has 0 aliphatic carbocycles. The number of hydrogen-bond donors (Lipinski definition) is 1. The van der Waals surface area contributed by atoms with Crippen LogP contribution in [0.3, 0.4) is 0 Å². The van der Waals surface area contributed by atoms with E-state index in [-0.39, 0.29) is 47.6 Å². The van der Waals surface area contributed by atoms with E-state index in [2.05, 4.69) is 22.5 Å². The van der Waals surface area contributed by atoms with Gasteiger partial charge in [-0.15, -0.1) is 18.3 Å². The quantitative estimate of drug-likeness (QED) is 0.324. The monoisotopic (exact) mass is 502 g/mol. The van der Waals surface area contributed by atoms with Gasteiger partial charge < -0.3 is 19.6 Å². The van der Waals surface area contributed by atoms with E-state index < -0.39 is 28.2 Å². The molecule has 3 heterocycles. The SMILES string of the molecule is C=CCN(C(=O)C1N(CCO)C(=O)[C@@H]2[C@H](C(=O)OCC)[C@H]3SC12CC3Br)C(C)(C)C. The Morgan fingerprint density at radius 1 is 1.47 bits per heavy atom. The molecule has 3 aliphatic rings. The summed E-state index contributed by atoms with van der Waals surface area (Å²) in [4.78, 5) is 43.5. The van der Waals surface area contributed by atoms with Gasteiger partial charge in [-0.3, -0.25) is 14.4 Å². The largest absolute Gasteiger partial charge is 0.466 e. The van der Waals surface area contributed by atoms with Gasteiger partial charge in [-0.25, -0.2) is 0 Å². The third kappa shape index (κ3) is 3.50. The summed E-state index contributed by atoms with van der Waals surface area (Å²) in [5.74, 6) is -1.99. The second-order valence-corrected chi connectivity index (χ2v) is 11.8. The number of β-amino-alcohol motifs (C(OH)–C–C–N with tert-alkyl or cyclic N) is 1. The fourth-order valence-electron chi connectivity index (χ4n) is 5.24. The van der Waals surface area contributed by atoms with E-state index in [1.807, 2.05) is 20.8 Å². The summed E-state index contributed by atoms with van der Waals surface area (Å²) in [6, 6.07) is -0.740. The lowest BCUT2D eigenvalue weighted by molar-refractivity contribution is -0.153. The smallest absolute Gasteiger partial charge is 0.310 e. The van der Waals surface area contributed by atoms with Crippen molar-refractivity contribution in [1.82, 2.24) is 9.80 Å². The molecule has 3 rings (SSSR count). The summed E-state index contributed by atoms with van der Waals surface area (Å²) in [5, 5.41) is 9.53. The molecule has 0 radical (unpaired) electrons. The second kappa shape index (κ2) is 8.47. The lowest BCUT2D eigenvalue weighted by Crippen LogP contribution is -2.59. The molecule has 2 amide bonds. The van der Waals surface area contributed by atoms with E-state index >= 15 is 0 Å². The van der Waals surface area contributed by atoms with Gasteiger partial charge >= 0.3 is 5.97 Å². The van der Waals surface area contributed by atoms with Gasteiger partial charge in [0.25, 0.3) is 0 Å². The summed E-state index contributed by atoms with van der Waals surface area (Å²) < 4.78 is 4.59. The molecule has 3 unspecified atom stereocenters. The van der Waals surface area contributed by atoms with Crippen LogP contribution in [-0.4, -0.2) is 85.4 Å². The fraction of sp³-hybridized carbons (Fsp3) is 0.762. The van der Waals surface area contributed by atoms with Gasteiger partial charge in [0.2, 0.25) is 11.8 Å². The average molecular weight is 503 g/mol. The molecule has 6 atom stereocenters. The van der Waals surface area contributed by atoms with Gasteiger partial charge in [0.15, 0.2) is 0 Å². The van der Waals surface area contributed by atoms with Crippen molar-refractivity contribution in [3.63, 3.8) is 0 Å². The molecule has 1 spiro atoms. The van der Waals surface area contributed by atoms with Crippen LogP contribution < -0.4 is 0 Å². The highest BCUT2D eigenvalue weighted by Crippen LogP contribution is 2.68. The number of rotatable bonds is 7. The molecule has 3 aliphatic heterocycles. The molecule has 0 saturated carbocycles. The number of amides is 2. The molecular weight excluding hydrogens is 472 g/mol. The first-order valence-corrected chi connectivity index (χ1v) is 12.2. The number of hydrogen-bond acceptors (Lipinski definition) is 6. The van der Waals surface area contributed by atoms with Gasteiger partial charge in [0.05, 0.1) is 29.8 Å². The lowest BCUT2D eigenvalue weighted by Gasteiger charge is -2.42. The minimum absolute atomic E-state index is 0.00724. The minimum atomic E-state index is -0.740. The Kier molecular flexibility index (Phi) is 6.66. The Balaban J connectivity index is 2.08. The average Bonchev–Trinajstić information content (AvgIpc) is 3.23.